The Morgan fingerprint density at radius 3 is 2.62 bits per heavy atom. The normalized spacial score (nSPS) is 15.0. The summed E-state index contributed by atoms with van der Waals surface area (Å²) in [5.41, 5.74) is 7.87. The average Bonchev–Trinajstić information content (AvgIpc) is 2.89. The lowest BCUT2D eigenvalue weighted by molar-refractivity contribution is 0.0779. The van der Waals surface area contributed by atoms with Gasteiger partial charge in [0.05, 0.1) is 12.7 Å². The molecule has 2 aromatic carbocycles. The van der Waals surface area contributed by atoms with Crippen LogP contribution < -0.4 is 10.5 Å². The number of benzene rings is 2. The number of anilines is 1. The van der Waals surface area contributed by atoms with Gasteiger partial charge in [-0.05, 0) is 29.3 Å². The lowest BCUT2D eigenvalue weighted by Crippen LogP contribution is -2.32. The molecule has 3 N–H and O–H groups in total. The van der Waals surface area contributed by atoms with Crippen LogP contribution in [0.15, 0.2) is 36.4 Å². The van der Waals surface area contributed by atoms with E-state index in [0.29, 0.717) is 23.4 Å². The number of ether oxygens (including phenoxy) is 1. The minimum atomic E-state index is -3.54. The number of phenols is 1. The van der Waals surface area contributed by atoms with Gasteiger partial charge in [0, 0.05) is 25.0 Å². The first kappa shape index (κ1) is 18.1. The van der Waals surface area contributed by atoms with Crippen molar-refractivity contribution in [1.29, 1.82) is 0 Å². The standard InChI is InChI=1S/C18H20N2O5S/c1-25-15-7-6-11(8-14(15)21)16(26(2,23)24)10-20-9-12-4-3-5-13(19)17(12)18(20)22/h3-8,16,21H,9-10,19H2,1-2H3. The van der Waals surface area contributed by atoms with E-state index in [2.05, 4.69) is 0 Å². The van der Waals surface area contributed by atoms with Crippen LogP contribution >= 0.6 is 0 Å². The van der Waals surface area contributed by atoms with Gasteiger partial charge in [0.25, 0.3) is 5.91 Å². The summed E-state index contributed by atoms with van der Waals surface area (Å²) in [5.74, 6) is -0.193. The molecule has 0 saturated heterocycles. The van der Waals surface area contributed by atoms with Gasteiger partial charge in [-0.2, -0.15) is 0 Å². The number of carbonyl (C=O) groups excluding carboxylic acids is 1. The van der Waals surface area contributed by atoms with Crippen molar-refractivity contribution < 1.29 is 23.1 Å². The van der Waals surface area contributed by atoms with E-state index in [1.807, 2.05) is 0 Å². The number of amides is 1. The minimum Gasteiger partial charge on any atom is -0.504 e. The third-order valence-electron chi connectivity index (χ3n) is 4.52. The van der Waals surface area contributed by atoms with Crippen LogP contribution in [0.4, 0.5) is 5.69 Å². The highest BCUT2D eigenvalue weighted by molar-refractivity contribution is 7.91. The van der Waals surface area contributed by atoms with E-state index in [0.717, 1.165) is 11.8 Å². The zero-order chi connectivity index (χ0) is 19.1. The summed E-state index contributed by atoms with van der Waals surface area (Å²) < 4.78 is 29.7. The van der Waals surface area contributed by atoms with E-state index in [1.54, 1.807) is 24.3 Å². The summed E-state index contributed by atoms with van der Waals surface area (Å²) >= 11 is 0. The number of nitrogen functional groups attached to an aromatic ring is 1. The zero-order valence-electron chi connectivity index (χ0n) is 14.5. The second kappa shape index (κ2) is 6.53. The van der Waals surface area contributed by atoms with Crippen molar-refractivity contribution in [2.75, 3.05) is 25.6 Å². The number of nitrogens with zero attached hydrogens (tertiary/aromatic N) is 1. The van der Waals surface area contributed by atoms with Crippen LogP contribution in [-0.4, -0.2) is 44.2 Å². The summed E-state index contributed by atoms with van der Waals surface area (Å²) in [7, 11) is -2.13. The fourth-order valence-corrected chi connectivity index (χ4v) is 4.28. The van der Waals surface area contributed by atoms with Gasteiger partial charge < -0.3 is 20.5 Å². The van der Waals surface area contributed by atoms with Gasteiger partial charge in [0.15, 0.2) is 21.3 Å². The van der Waals surface area contributed by atoms with Gasteiger partial charge in [-0.15, -0.1) is 0 Å². The van der Waals surface area contributed by atoms with E-state index in [9.17, 15) is 18.3 Å². The quantitative estimate of drug-likeness (QED) is 0.769. The Bertz CT molecular complexity index is 972. The molecular weight excluding hydrogens is 356 g/mol. The number of phenolic OH excluding ortho intramolecular Hbond substituents is 1. The second-order valence-electron chi connectivity index (χ2n) is 6.32. The van der Waals surface area contributed by atoms with Crippen LogP contribution in [-0.2, 0) is 16.4 Å². The topological polar surface area (TPSA) is 110 Å². The largest absolute Gasteiger partial charge is 0.504 e. The number of aromatic hydroxyl groups is 1. The molecule has 0 aliphatic carbocycles. The summed E-state index contributed by atoms with van der Waals surface area (Å²) in [6.07, 6.45) is 1.11. The van der Waals surface area contributed by atoms with Gasteiger partial charge in [0.2, 0.25) is 0 Å². The van der Waals surface area contributed by atoms with Gasteiger partial charge in [-0.25, -0.2) is 8.42 Å². The summed E-state index contributed by atoms with van der Waals surface area (Å²) in [5, 5.41) is 9.01. The van der Waals surface area contributed by atoms with Gasteiger partial charge in [-0.3, -0.25) is 4.79 Å². The Morgan fingerprint density at radius 1 is 1.31 bits per heavy atom. The van der Waals surface area contributed by atoms with Crippen molar-refractivity contribution in [3.63, 3.8) is 0 Å². The third kappa shape index (κ3) is 3.20. The highest BCUT2D eigenvalue weighted by atomic mass is 32.2. The minimum absolute atomic E-state index is 0.0302. The van der Waals surface area contributed by atoms with Crippen molar-refractivity contribution in [2.45, 2.75) is 11.8 Å². The highest BCUT2D eigenvalue weighted by Crippen LogP contribution is 2.34. The van der Waals surface area contributed by atoms with Crippen molar-refractivity contribution in [2.24, 2.45) is 0 Å². The van der Waals surface area contributed by atoms with Gasteiger partial charge >= 0.3 is 0 Å². The number of hydrogen-bond acceptors (Lipinski definition) is 6. The number of sulfone groups is 1. The predicted molar refractivity (Wildman–Crippen MR) is 97.8 cm³/mol. The molecule has 7 nitrogen and oxygen atoms in total. The van der Waals surface area contributed by atoms with Crippen molar-refractivity contribution in [3.05, 3.63) is 53.1 Å². The maximum absolute atomic E-state index is 12.7. The molecule has 1 heterocycles. The molecule has 0 bridgehead atoms. The maximum Gasteiger partial charge on any atom is 0.256 e. The number of fused-ring (bicyclic) bond motifs is 1. The third-order valence-corrected chi connectivity index (χ3v) is 5.98. The van der Waals surface area contributed by atoms with Crippen molar-refractivity contribution in [1.82, 2.24) is 4.90 Å². The fourth-order valence-electron chi connectivity index (χ4n) is 3.19. The predicted octanol–water partition coefficient (Wildman–Crippen LogP) is 1.72. The number of hydrogen-bond donors (Lipinski definition) is 2. The molecule has 3 rings (SSSR count). The maximum atomic E-state index is 12.7. The van der Waals surface area contributed by atoms with Crippen LogP contribution in [0.25, 0.3) is 0 Å². The molecule has 1 atom stereocenters. The molecule has 0 saturated carbocycles. The first-order valence-electron chi connectivity index (χ1n) is 7.94. The summed E-state index contributed by atoms with van der Waals surface area (Å²) in [4.78, 5) is 14.1. The van der Waals surface area contributed by atoms with E-state index in [-0.39, 0.29) is 24.0 Å². The van der Waals surface area contributed by atoms with E-state index < -0.39 is 15.1 Å². The Morgan fingerprint density at radius 2 is 2.04 bits per heavy atom. The molecule has 0 aromatic heterocycles. The van der Waals surface area contributed by atoms with Crippen molar-refractivity contribution in [3.8, 4) is 11.5 Å². The first-order valence-corrected chi connectivity index (χ1v) is 9.90. The Balaban J connectivity index is 1.93. The molecule has 0 radical (unpaired) electrons. The highest BCUT2D eigenvalue weighted by Gasteiger charge is 2.34. The Kier molecular flexibility index (Phi) is 4.53. The monoisotopic (exact) mass is 376 g/mol. The fraction of sp³-hybridized carbons (Fsp3) is 0.278. The summed E-state index contributed by atoms with van der Waals surface area (Å²) in [6.45, 7) is 0.269. The number of carbonyl (C=O) groups is 1. The molecular formula is C18H20N2O5S. The van der Waals surface area contributed by atoms with Crippen LogP contribution in [0.3, 0.4) is 0 Å². The molecule has 1 unspecified atom stereocenters. The van der Waals surface area contributed by atoms with Crippen molar-refractivity contribution >= 4 is 21.4 Å². The smallest absolute Gasteiger partial charge is 0.256 e. The molecule has 0 fully saturated rings. The number of rotatable bonds is 5. The zero-order valence-corrected chi connectivity index (χ0v) is 15.3. The van der Waals surface area contributed by atoms with Crippen LogP contribution in [0, 0.1) is 0 Å². The van der Waals surface area contributed by atoms with Crippen LogP contribution in [0.5, 0.6) is 11.5 Å². The van der Waals surface area contributed by atoms with Gasteiger partial charge in [-0.1, -0.05) is 18.2 Å². The van der Waals surface area contributed by atoms with Crippen LogP contribution in [0.1, 0.15) is 26.7 Å². The SMILES string of the molecule is COc1ccc(C(CN2Cc3cccc(N)c3C2=O)S(C)(=O)=O)cc1O. The molecule has 8 heteroatoms. The molecule has 2 aromatic rings. The lowest BCUT2D eigenvalue weighted by atomic mass is 10.1. The van der Waals surface area contributed by atoms with E-state index >= 15 is 0 Å². The lowest BCUT2D eigenvalue weighted by Gasteiger charge is -2.23. The van der Waals surface area contributed by atoms with E-state index in [4.69, 9.17) is 10.5 Å². The first-order chi connectivity index (χ1) is 12.2. The average molecular weight is 376 g/mol. The second-order valence-corrected chi connectivity index (χ2v) is 8.54. The van der Waals surface area contributed by atoms with E-state index in [1.165, 1.54) is 24.1 Å². The van der Waals surface area contributed by atoms with Gasteiger partial charge in [0.1, 0.15) is 5.25 Å². The molecule has 0 spiro atoms. The Hall–Kier alpha value is -2.74. The molecule has 26 heavy (non-hydrogen) atoms. The number of methoxy groups -OCH3 is 1. The number of nitrogens with two attached hydrogens (primary N) is 1. The molecule has 1 amide bonds. The molecule has 138 valence electrons. The Labute approximate surface area is 151 Å². The van der Waals surface area contributed by atoms with Crippen LogP contribution in [0.2, 0.25) is 0 Å². The molecule has 1 aliphatic rings. The molecule has 1 aliphatic heterocycles. The summed E-state index contributed by atoms with van der Waals surface area (Å²) in [6, 6.07) is 9.65.